The van der Waals surface area contributed by atoms with Crippen LogP contribution in [0, 0.1) is 0 Å². The van der Waals surface area contributed by atoms with E-state index < -0.39 is 5.97 Å². The van der Waals surface area contributed by atoms with Gasteiger partial charge in [-0.1, -0.05) is 0 Å². The summed E-state index contributed by atoms with van der Waals surface area (Å²) in [6.07, 6.45) is 1.89. The van der Waals surface area contributed by atoms with Crippen LogP contribution in [0.4, 0.5) is 4.79 Å². The van der Waals surface area contributed by atoms with Crippen LogP contribution in [0.5, 0.6) is 0 Å². The highest BCUT2D eigenvalue weighted by Gasteiger charge is 2.24. The first-order chi connectivity index (χ1) is 8.40. The normalized spacial score (nSPS) is 18.5. The number of carbonyl (C=O) groups excluding carboxylic acids is 1. The van der Waals surface area contributed by atoms with Crippen molar-refractivity contribution in [2.45, 2.75) is 38.3 Å². The Bertz CT molecular complexity index is 299. The van der Waals surface area contributed by atoms with Gasteiger partial charge in [0.25, 0.3) is 0 Å². The van der Waals surface area contributed by atoms with Gasteiger partial charge in [0.1, 0.15) is 0 Å². The van der Waals surface area contributed by atoms with E-state index in [9.17, 15) is 9.59 Å². The smallest absolute Gasteiger partial charge is 0.319 e. The molecule has 1 aliphatic rings. The minimum atomic E-state index is -0.782. The van der Waals surface area contributed by atoms with Gasteiger partial charge >= 0.3 is 12.0 Å². The van der Waals surface area contributed by atoms with Crippen molar-refractivity contribution in [2.75, 3.05) is 27.2 Å². The van der Waals surface area contributed by atoms with Gasteiger partial charge in [0, 0.05) is 39.3 Å². The number of piperidine rings is 1. The second kappa shape index (κ2) is 6.58. The number of likely N-dealkylation sites (tertiary alicyclic amines) is 1. The zero-order valence-corrected chi connectivity index (χ0v) is 11.3. The van der Waals surface area contributed by atoms with Gasteiger partial charge < -0.3 is 20.2 Å². The third-order valence-corrected chi connectivity index (χ3v) is 3.15. The van der Waals surface area contributed by atoms with Crippen LogP contribution in [-0.4, -0.2) is 66.2 Å². The van der Waals surface area contributed by atoms with Crippen LogP contribution >= 0.6 is 0 Å². The highest BCUT2D eigenvalue weighted by Crippen LogP contribution is 2.12. The fourth-order valence-electron chi connectivity index (χ4n) is 2.24. The van der Waals surface area contributed by atoms with E-state index in [-0.39, 0.29) is 18.5 Å². The SMILES string of the molecule is C[C@H](CC(=O)O)NC1CCN(C(=O)N(C)C)CC1. The van der Waals surface area contributed by atoms with Crippen LogP contribution in [0.25, 0.3) is 0 Å². The predicted octanol–water partition coefficient (Wildman–Crippen LogP) is 0.585. The number of carboxylic acids is 1. The van der Waals surface area contributed by atoms with Crippen LogP contribution in [0.1, 0.15) is 26.2 Å². The Balaban J connectivity index is 2.31. The monoisotopic (exact) mass is 257 g/mol. The number of carboxylic acid groups (broad SMARTS) is 1. The van der Waals surface area contributed by atoms with E-state index in [1.807, 2.05) is 11.8 Å². The maximum Gasteiger partial charge on any atom is 0.319 e. The standard InChI is InChI=1S/C12H23N3O3/c1-9(8-11(16)17)13-10-4-6-15(7-5-10)12(18)14(2)3/h9-10,13H,4-8H2,1-3H3,(H,16,17)/t9-/m1/s1. The average molecular weight is 257 g/mol. The minimum absolute atomic E-state index is 0.0244. The van der Waals surface area contributed by atoms with Crippen molar-refractivity contribution in [1.29, 1.82) is 0 Å². The number of carbonyl (C=O) groups is 2. The molecule has 2 amide bonds. The fourth-order valence-corrected chi connectivity index (χ4v) is 2.24. The minimum Gasteiger partial charge on any atom is -0.481 e. The summed E-state index contributed by atoms with van der Waals surface area (Å²) in [6, 6.07) is 0.334. The third-order valence-electron chi connectivity index (χ3n) is 3.15. The molecule has 0 aromatic heterocycles. The van der Waals surface area contributed by atoms with Crippen molar-refractivity contribution in [3.8, 4) is 0 Å². The Morgan fingerprint density at radius 1 is 1.39 bits per heavy atom. The van der Waals surface area contributed by atoms with Gasteiger partial charge in [-0.3, -0.25) is 4.79 Å². The highest BCUT2D eigenvalue weighted by atomic mass is 16.4. The van der Waals surface area contributed by atoms with Gasteiger partial charge in [-0.2, -0.15) is 0 Å². The number of hydrogen-bond donors (Lipinski definition) is 2. The highest BCUT2D eigenvalue weighted by molar-refractivity contribution is 5.73. The van der Waals surface area contributed by atoms with Gasteiger partial charge in [-0.15, -0.1) is 0 Å². The lowest BCUT2D eigenvalue weighted by atomic mass is 10.0. The zero-order valence-electron chi connectivity index (χ0n) is 11.3. The molecule has 18 heavy (non-hydrogen) atoms. The first-order valence-electron chi connectivity index (χ1n) is 6.34. The molecule has 0 spiro atoms. The number of hydrogen-bond acceptors (Lipinski definition) is 3. The molecule has 1 atom stereocenters. The van der Waals surface area contributed by atoms with E-state index in [1.165, 1.54) is 0 Å². The van der Waals surface area contributed by atoms with Crippen LogP contribution in [0.2, 0.25) is 0 Å². The van der Waals surface area contributed by atoms with E-state index >= 15 is 0 Å². The van der Waals surface area contributed by atoms with E-state index in [1.54, 1.807) is 19.0 Å². The van der Waals surface area contributed by atoms with Crippen molar-refractivity contribution >= 4 is 12.0 Å². The molecular formula is C12H23N3O3. The van der Waals surface area contributed by atoms with Gasteiger partial charge in [-0.05, 0) is 19.8 Å². The van der Waals surface area contributed by atoms with E-state index in [2.05, 4.69) is 5.32 Å². The van der Waals surface area contributed by atoms with Crippen molar-refractivity contribution in [2.24, 2.45) is 0 Å². The zero-order chi connectivity index (χ0) is 13.7. The van der Waals surface area contributed by atoms with E-state index in [4.69, 9.17) is 5.11 Å². The summed E-state index contributed by atoms with van der Waals surface area (Å²) in [7, 11) is 3.50. The molecule has 2 N–H and O–H groups in total. The molecular weight excluding hydrogens is 234 g/mol. The Hall–Kier alpha value is -1.30. The summed E-state index contributed by atoms with van der Waals surface area (Å²) in [4.78, 5) is 25.7. The van der Waals surface area contributed by atoms with Crippen molar-refractivity contribution in [3.63, 3.8) is 0 Å². The van der Waals surface area contributed by atoms with Crippen LogP contribution in [-0.2, 0) is 4.79 Å². The average Bonchev–Trinajstić information content (AvgIpc) is 2.27. The summed E-state index contributed by atoms with van der Waals surface area (Å²) in [5, 5.41) is 12.0. The Morgan fingerprint density at radius 2 is 1.94 bits per heavy atom. The molecule has 0 radical (unpaired) electrons. The van der Waals surface area contributed by atoms with Gasteiger partial charge in [0.05, 0.1) is 6.42 Å². The second-order valence-electron chi connectivity index (χ2n) is 5.10. The Kier molecular flexibility index (Phi) is 5.40. The number of urea groups is 1. The molecule has 0 bridgehead atoms. The maximum atomic E-state index is 11.7. The van der Waals surface area contributed by atoms with Crippen molar-refractivity contribution in [3.05, 3.63) is 0 Å². The van der Waals surface area contributed by atoms with Gasteiger partial charge in [0.2, 0.25) is 0 Å². The fraction of sp³-hybridized carbons (Fsp3) is 0.833. The molecule has 0 saturated carbocycles. The predicted molar refractivity (Wildman–Crippen MR) is 68.5 cm³/mol. The third kappa shape index (κ3) is 4.52. The van der Waals surface area contributed by atoms with Gasteiger partial charge in [0.15, 0.2) is 0 Å². The summed E-state index contributed by atoms with van der Waals surface area (Å²) in [5.74, 6) is -0.782. The van der Waals surface area contributed by atoms with E-state index in [0.717, 1.165) is 25.9 Å². The first kappa shape index (κ1) is 14.8. The summed E-state index contributed by atoms with van der Waals surface area (Å²) in [5.41, 5.74) is 0. The number of nitrogens with one attached hydrogen (secondary N) is 1. The number of rotatable bonds is 4. The number of amides is 2. The van der Waals surface area contributed by atoms with Crippen molar-refractivity contribution in [1.82, 2.24) is 15.1 Å². The lowest BCUT2D eigenvalue weighted by Crippen LogP contribution is -2.49. The molecule has 1 rings (SSSR count). The maximum absolute atomic E-state index is 11.7. The molecule has 1 saturated heterocycles. The molecule has 1 fully saturated rings. The molecule has 0 aliphatic carbocycles. The molecule has 1 aliphatic heterocycles. The van der Waals surface area contributed by atoms with E-state index in [0.29, 0.717) is 6.04 Å². The molecule has 1 heterocycles. The van der Waals surface area contributed by atoms with Crippen LogP contribution in [0.15, 0.2) is 0 Å². The molecule has 6 heteroatoms. The largest absolute Gasteiger partial charge is 0.481 e. The molecule has 0 aromatic rings. The lowest BCUT2D eigenvalue weighted by Gasteiger charge is -2.35. The first-order valence-corrected chi connectivity index (χ1v) is 6.34. The summed E-state index contributed by atoms with van der Waals surface area (Å²) < 4.78 is 0. The van der Waals surface area contributed by atoms with Gasteiger partial charge in [-0.25, -0.2) is 4.79 Å². The Labute approximate surface area is 108 Å². The quantitative estimate of drug-likeness (QED) is 0.773. The molecule has 0 unspecified atom stereocenters. The van der Waals surface area contributed by atoms with Crippen LogP contribution < -0.4 is 5.32 Å². The second-order valence-corrected chi connectivity index (χ2v) is 5.10. The molecule has 6 nitrogen and oxygen atoms in total. The number of nitrogens with zero attached hydrogens (tertiary/aromatic N) is 2. The molecule has 104 valence electrons. The summed E-state index contributed by atoms with van der Waals surface area (Å²) in [6.45, 7) is 3.34. The Morgan fingerprint density at radius 3 is 2.39 bits per heavy atom. The number of aliphatic carboxylic acids is 1. The van der Waals surface area contributed by atoms with Crippen molar-refractivity contribution < 1.29 is 14.7 Å². The summed E-state index contributed by atoms with van der Waals surface area (Å²) >= 11 is 0. The lowest BCUT2D eigenvalue weighted by molar-refractivity contribution is -0.137. The topological polar surface area (TPSA) is 72.9 Å². The van der Waals surface area contributed by atoms with Crippen LogP contribution in [0.3, 0.4) is 0 Å². The molecule has 0 aromatic carbocycles.